The number of rotatable bonds is 2. The molecule has 1 heterocycles. The molecule has 1 aliphatic heterocycles. The van der Waals surface area contributed by atoms with Gasteiger partial charge in [-0.1, -0.05) is 19.9 Å². The van der Waals surface area contributed by atoms with Gasteiger partial charge in [-0.05, 0) is 85.9 Å². The van der Waals surface area contributed by atoms with Crippen molar-refractivity contribution in [3.63, 3.8) is 0 Å². The third kappa shape index (κ3) is 4.24. The summed E-state index contributed by atoms with van der Waals surface area (Å²) in [4.78, 5) is 25.6. The summed E-state index contributed by atoms with van der Waals surface area (Å²) in [5.41, 5.74) is -5.40. The highest BCUT2D eigenvalue weighted by atomic mass is 19.4. The third-order valence-electron chi connectivity index (χ3n) is 9.32. The van der Waals surface area contributed by atoms with Crippen molar-refractivity contribution in [2.75, 3.05) is 5.32 Å². The molecule has 2 amide bonds. The van der Waals surface area contributed by atoms with Crippen molar-refractivity contribution in [3.05, 3.63) is 41.5 Å². The summed E-state index contributed by atoms with van der Waals surface area (Å²) in [5.74, 6) is -2.79. The minimum Gasteiger partial charge on any atom is -0.349 e. The molecule has 4 aliphatic rings. The van der Waals surface area contributed by atoms with Gasteiger partial charge in [-0.3, -0.25) is 9.59 Å². The van der Waals surface area contributed by atoms with E-state index in [2.05, 4.69) is 10.6 Å². The lowest BCUT2D eigenvalue weighted by Gasteiger charge is -2.58. The van der Waals surface area contributed by atoms with Gasteiger partial charge in [0.2, 0.25) is 11.8 Å². The number of hydrogen-bond donors (Lipinski definition) is 2. The van der Waals surface area contributed by atoms with Gasteiger partial charge in [0.05, 0.1) is 18.2 Å². The maximum atomic E-state index is 13.6. The number of alkyl halides is 6. The molecule has 10 heteroatoms. The van der Waals surface area contributed by atoms with Gasteiger partial charge < -0.3 is 10.6 Å². The van der Waals surface area contributed by atoms with E-state index in [1.54, 1.807) is 13.0 Å². The topological polar surface area (TPSA) is 58.2 Å². The molecule has 0 saturated heterocycles. The van der Waals surface area contributed by atoms with Crippen molar-refractivity contribution in [2.24, 2.45) is 34.5 Å². The van der Waals surface area contributed by atoms with Gasteiger partial charge >= 0.3 is 12.4 Å². The number of nitrogens with one attached hydrogen (secondary N) is 2. The van der Waals surface area contributed by atoms with Crippen molar-refractivity contribution in [1.29, 1.82) is 0 Å². The summed E-state index contributed by atoms with van der Waals surface area (Å²) < 4.78 is 107. The van der Waals surface area contributed by atoms with Gasteiger partial charge in [0.1, 0.15) is 0 Å². The monoisotopic (exact) mass is 531 g/mol. The van der Waals surface area contributed by atoms with E-state index in [1.807, 2.05) is 6.92 Å². The van der Waals surface area contributed by atoms with E-state index in [0.717, 1.165) is 0 Å². The Morgan fingerprint density at radius 1 is 1.08 bits per heavy atom. The van der Waals surface area contributed by atoms with Crippen LogP contribution in [-0.4, -0.2) is 17.8 Å². The molecule has 1 aromatic carbocycles. The van der Waals surface area contributed by atoms with E-state index in [4.69, 9.17) is 4.11 Å². The normalized spacial score (nSPS) is 41.8. The largest absolute Gasteiger partial charge is 0.418 e. The number of carbonyl (C=O) groups excluding carboxylic acids is 2. The molecular weight excluding hydrogens is 498 g/mol. The van der Waals surface area contributed by atoms with E-state index in [0.29, 0.717) is 37.5 Å². The number of amides is 2. The van der Waals surface area contributed by atoms with Crippen LogP contribution in [0.15, 0.2) is 30.4 Å². The maximum absolute atomic E-state index is 13.6. The highest BCUT2D eigenvalue weighted by Gasteiger charge is 2.61. The minimum absolute atomic E-state index is 0.0364. The van der Waals surface area contributed by atoms with E-state index in [9.17, 15) is 35.9 Å². The molecule has 202 valence electrons. The van der Waals surface area contributed by atoms with Gasteiger partial charge in [0, 0.05) is 20.1 Å². The fourth-order valence-electron chi connectivity index (χ4n) is 7.43. The van der Waals surface area contributed by atoms with Gasteiger partial charge in [-0.2, -0.15) is 26.3 Å². The lowest BCUT2D eigenvalue weighted by Crippen LogP contribution is -2.59. The van der Waals surface area contributed by atoms with Crippen molar-refractivity contribution < 1.29 is 40.0 Å². The Hall–Kier alpha value is -2.52. The van der Waals surface area contributed by atoms with Crippen LogP contribution in [0.4, 0.5) is 32.0 Å². The Bertz CT molecular complexity index is 1280. The van der Waals surface area contributed by atoms with Crippen LogP contribution in [0.3, 0.4) is 0 Å². The molecule has 1 aromatic rings. The predicted octanol–water partition coefficient (Wildman–Crippen LogP) is 6.58. The van der Waals surface area contributed by atoms with Gasteiger partial charge in [-0.25, -0.2) is 0 Å². The molecule has 4 nitrogen and oxygen atoms in total. The van der Waals surface area contributed by atoms with Gasteiger partial charge in [0.25, 0.3) is 0 Å². The predicted molar refractivity (Wildman–Crippen MR) is 124 cm³/mol. The molecule has 3 fully saturated rings. The summed E-state index contributed by atoms with van der Waals surface area (Å²) in [6.07, 6.45) is -7.38. The van der Waals surface area contributed by atoms with Crippen molar-refractivity contribution >= 4 is 17.5 Å². The number of fused-ring (bicyclic) bond motifs is 5. The summed E-state index contributed by atoms with van der Waals surface area (Å²) in [6.45, 7) is 3.61. The molecule has 7 atom stereocenters. The van der Waals surface area contributed by atoms with Crippen LogP contribution in [0.1, 0.15) is 67.6 Å². The first-order valence-corrected chi connectivity index (χ1v) is 12.4. The quantitative estimate of drug-likeness (QED) is 0.424. The maximum Gasteiger partial charge on any atom is 0.418 e. The van der Waals surface area contributed by atoms with Crippen LogP contribution in [0.2, 0.25) is 0 Å². The molecule has 37 heavy (non-hydrogen) atoms. The Balaban J connectivity index is 1.45. The first-order valence-electron chi connectivity index (χ1n) is 13.9. The fourth-order valence-corrected chi connectivity index (χ4v) is 7.43. The summed E-state index contributed by atoms with van der Waals surface area (Å²) in [6, 6.07) is -0.940. The average Bonchev–Trinajstić information content (AvgIpc) is 3.17. The summed E-state index contributed by atoms with van der Waals surface area (Å²) in [5, 5.41) is 4.70. The standard InChI is InChI=1S/C27H30F6N2O2/c1-24-11-9-17-15(4-8-21-25(17,2)12-10-22(36)35-21)16(24)6-7-19(24)23(37)34-20-13-14(26(28,29)30)3-5-18(20)27(31,32)33/h3,5,10,12-13,15-17,19,21H,4,6-9,11H2,1-2H3,(H,34,37)(H,35,36)/t15-,16-,17-,19+,21+,24-,25+/m0/s1/i8D2,21D. The Labute approximate surface area is 215 Å². The number of benzene rings is 1. The molecule has 0 unspecified atom stereocenters. The van der Waals surface area contributed by atoms with E-state index >= 15 is 0 Å². The molecular formula is C27H30F6N2O2. The van der Waals surface area contributed by atoms with Gasteiger partial charge in [-0.15, -0.1) is 0 Å². The molecule has 0 aromatic heterocycles. The first kappa shape index (κ1) is 22.5. The molecule has 3 saturated carbocycles. The highest BCUT2D eigenvalue weighted by molar-refractivity contribution is 5.94. The second-order valence-corrected chi connectivity index (χ2v) is 11.2. The van der Waals surface area contributed by atoms with Crippen LogP contribution in [0.5, 0.6) is 0 Å². The van der Waals surface area contributed by atoms with Crippen LogP contribution >= 0.6 is 0 Å². The zero-order chi connectivity index (χ0) is 29.7. The molecule has 3 aliphatic carbocycles. The minimum atomic E-state index is -4.98. The number of anilines is 1. The smallest absolute Gasteiger partial charge is 0.349 e. The Morgan fingerprint density at radius 2 is 1.81 bits per heavy atom. The molecule has 2 N–H and O–H groups in total. The lowest BCUT2D eigenvalue weighted by atomic mass is 9.48. The third-order valence-corrected chi connectivity index (χ3v) is 9.32. The van der Waals surface area contributed by atoms with Crippen LogP contribution in [-0.2, 0) is 21.9 Å². The van der Waals surface area contributed by atoms with Crippen molar-refractivity contribution in [1.82, 2.24) is 5.32 Å². The second-order valence-electron chi connectivity index (χ2n) is 11.2. The lowest BCUT2D eigenvalue weighted by molar-refractivity contribution is -0.141. The molecule has 0 radical (unpaired) electrons. The number of halogens is 6. The van der Waals surface area contributed by atoms with Crippen LogP contribution in [0, 0.1) is 34.5 Å². The van der Waals surface area contributed by atoms with Crippen LogP contribution in [0.25, 0.3) is 0 Å². The number of hydrogen-bond acceptors (Lipinski definition) is 2. The summed E-state index contributed by atoms with van der Waals surface area (Å²) >= 11 is 0. The second kappa shape index (κ2) is 8.50. The van der Waals surface area contributed by atoms with Gasteiger partial charge in [0.15, 0.2) is 0 Å². The SMILES string of the molecule is [2H]C1([2H])C[C@H]2[C@@H]3CC[C@H](C(=O)Nc4cc(C(F)(F)F)ccc4C(F)(F)F)[C@@]3(C)CC[C@@H]2[C@@]2(C)C=CC(=O)N[C@]12[2H]. The average molecular weight is 532 g/mol. The zero-order valence-corrected chi connectivity index (χ0v) is 20.3. The van der Waals surface area contributed by atoms with Crippen molar-refractivity contribution in [3.8, 4) is 0 Å². The van der Waals surface area contributed by atoms with E-state index < -0.39 is 70.1 Å². The molecule has 0 bridgehead atoms. The van der Waals surface area contributed by atoms with Crippen molar-refractivity contribution in [2.45, 2.75) is 70.7 Å². The summed E-state index contributed by atoms with van der Waals surface area (Å²) in [7, 11) is 0. The van der Waals surface area contributed by atoms with E-state index in [1.165, 1.54) is 6.08 Å². The Morgan fingerprint density at radius 3 is 2.49 bits per heavy atom. The number of carbonyl (C=O) groups is 2. The fraction of sp³-hybridized carbons (Fsp3) is 0.630. The Kier molecular flexibility index (Phi) is 5.16. The van der Waals surface area contributed by atoms with Crippen LogP contribution < -0.4 is 10.6 Å². The first-order chi connectivity index (χ1) is 18.2. The molecule has 0 spiro atoms. The zero-order valence-electron chi connectivity index (χ0n) is 23.3. The van der Waals surface area contributed by atoms with E-state index in [-0.39, 0.29) is 30.6 Å². The highest BCUT2D eigenvalue weighted by Crippen LogP contribution is 2.65. The molecule has 5 rings (SSSR count).